The minimum Gasteiger partial charge on any atom is -0.367 e. The Morgan fingerprint density at radius 2 is 2.06 bits per heavy atom. The van der Waals surface area contributed by atoms with E-state index in [0.717, 1.165) is 43.0 Å². The van der Waals surface area contributed by atoms with Crippen LogP contribution in [0.5, 0.6) is 0 Å². The minimum absolute atomic E-state index is 0.373. The molecule has 2 rings (SSSR count). The molecular weight excluding hydrogens is 216 g/mol. The van der Waals surface area contributed by atoms with Crippen molar-refractivity contribution in [1.82, 2.24) is 9.97 Å². The number of aryl methyl sites for hydroxylation is 1. The molecule has 0 amide bonds. The van der Waals surface area contributed by atoms with Crippen molar-refractivity contribution in [3.05, 3.63) is 17.1 Å². The number of nitrogens with one attached hydrogen (secondary N) is 1. The first-order valence-corrected chi connectivity index (χ1v) is 6.03. The molecule has 1 saturated heterocycles. The van der Waals surface area contributed by atoms with Crippen molar-refractivity contribution in [3.8, 4) is 0 Å². The van der Waals surface area contributed by atoms with E-state index in [4.69, 9.17) is 10.6 Å². The van der Waals surface area contributed by atoms with Crippen LogP contribution in [0.1, 0.15) is 43.3 Å². The second kappa shape index (κ2) is 4.58. The van der Waals surface area contributed by atoms with E-state index < -0.39 is 0 Å². The minimum atomic E-state index is -0.373. The maximum Gasteiger partial charge on any atom is 0.162 e. The lowest BCUT2D eigenvalue weighted by Gasteiger charge is -2.32. The van der Waals surface area contributed by atoms with E-state index >= 15 is 0 Å². The molecule has 5 nitrogen and oxygen atoms in total. The van der Waals surface area contributed by atoms with E-state index in [-0.39, 0.29) is 5.60 Å². The molecule has 1 fully saturated rings. The molecule has 0 aromatic carbocycles. The normalized spacial score (nSPS) is 24.7. The molecule has 0 saturated carbocycles. The van der Waals surface area contributed by atoms with Crippen molar-refractivity contribution >= 4 is 5.82 Å². The van der Waals surface area contributed by atoms with Crippen molar-refractivity contribution in [2.75, 3.05) is 12.0 Å². The number of hydrogen-bond donors (Lipinski definition) is 2. The zero-order valence-corrected chi connectivity index (χ0v) is 10.7. The molecule has 1 aromatic heterocycles. The molecular formula is C12H20N4O. The molecule has 1 unspecified atom stereocenters. The fraction of sp³-hybridized carbons (Fsp3) is 0.667. The van der Waals surface area contributed by atoms with Gasteiger partial charge < -0.3 is 10.2 Å². The van der Waals surface area contributed by atoms with Gasteiger partial charge in [-0.2, -0.15) is 0 Å². The number of rotatable bonds is 2. The number of nitrogens with zero attached hydrogens (tertiary/aromatic N) is 2. The number of ether oxygens (including phenoxy) is 1. The monoisotopic (exact) mass is 236 g/mol. The van der Waals surface area contributed by atoms with E-state index in [0.29, 0.717) is 5.82 Å². The van der Waals surface area contributed by atoms with Crippen LogP contribution in [0.25, 0.3) is 0 Å². The van der Waals surface area contributed by atoms with E-state index in [2.05, 4.69) is 22.3 Å². The molecule has 1 aromatic rings. The first-order valence-electron chi connectivity index (χ1n) is 6.03. The summed E-state index contributed by atoms with van der Waals surface area (Å²) in [5, 5.41) is 0. The van der Waals surface area contributed by atoms with Crippen molar-refractivity contribution in [3.63, 3.8) is 0 Å². The molecule has 1 aliphatic rings. The second-order valence-electron chi connectivity index (χ2n) is 4.79. The van der Waals surface area contributed by atoms with Gasteiger partial charge in [-0.25, -0.2) is 15.8 Å². The Morgan fingerprint density at radius 1 is 1.29 bits per heavy atom. The topological polar surface area (TPSA) is 73.1 Å². The number of nitrogens with two attached hydrogens (primary N) is 1. The van der Waals surface area contributed by atoms with Crippen molar-refractivity contribution in [1.29, 1.82) is 0 Å². The molecule has 2 heterocycles. The van der Waals surface area contributed by atoms with Crippen LogP contribution in [0.2, 0.25) is 0 Å². The summed E-state index contributed by atoms with van der Waals surface area (Å²) in [6.45, 7) is 6.75. The number of aromatic nitrogens is 2. The summed E-state index contributed by atoms with van der Waals surface area (Å²) < 4.78 is 5.85. The van der Waals surface area contributed by atoms with Crippen LogP contribution >= 0.6 is 0 Å². The Morgan fingerprint density at radius 3 is 2.65 bits per heavy atom. The van der Waals surface area contributed by atoms with Crippen molar-refractivity contribution in [2.24, 2.45) is 5.84 Å². The van der Waals surface area contributed by atoms with Gasteiger partial charge >= 0.3 is 0 Å². The Bertz CT molecular complexity index is 413. The molecule has 94 valence electrons. The molecule has 5 heteroatoms. The first kappa shape index (κ1) is 12.3. The van der Waals surface area contributed by atoms with Crippen LogP contribution < -0.4 is 11.3 Å². The zero-order valence-electron chi connectivity index (χ0n) is 10.7. The highest BCUT2D eigenvalue weighted by Gasteiger charge is 2.33. The summed E-state index contributed by atoms with van der Waals surface area (Å²) >= 11 is 0. The predicted molar refractivity (Wildman–Crippen MR) is 66.5 cm³/mol. The van der Waals surface area contributed by atoms with Crippen molar-refractivity contribution < 1.29 is 4.74 Å². The van der Waals surface area contributed by atoms with Crippen LogP contribution in [0.3, 0.4) is 0 Å². The number of hydrazine groups is 1. The first-order chi connectivity index (χ1) is 8.07. The highest BCUT2D eigenvalue weighted by atomic mass is 16.5. The largest absolute Gasteiger partial charge is 0.367 e. The van der Waals surface area contributed by atoms with Crippen LogP contribution in [-0.2, 0) is 10.3 Å². The number of nitrogen functional groups attached to an aromatic ring is 1. The van der Waals surface area contributed by atoms with Gasteiger partial charge in [-0.15, -0.1) is 0 Å². The quantitative estimate of drug-likeness (QED) is 0.605. The Balaban J connectivity index is 2.41. The second-order valence-corrected chi connectivity index (χ2v) is 4.79. The van der Waals surface area contributed by atoms with Gasteiger partial charge in [0, 0.05) is 17.9 Å². The van der Waals surface area contributed by atoms with Crippen molar-refractivity contribution in [2.45, 2.75) is 45.6 Å². The van der Waals surface area contributed by atoms with Gasteiger partial charge in [-0.3, -0.25) is 0 Å². The van der Waals surface area contributed by atoms with E-state index in [9.17, 15) is 0 Å². The summed E-state index contributed by atoms with van der Waals surface area (Å²) in [5.74, 6) is 6.89. The van der Waals surface area contributed by atoms with Gasteiger partial charge in [0.25, 0.3) is 0 Å². The fourth-order valence-corrected chi connectivity index (χ4v) is 2.12. The lowest BCUT2D eigenvalue weighted by molar-refractivity contribution is -0.0760. The van der Waals surface area contributed by atoms with Gasteiger partial charge in [0.15, 0.2) is 5.82 Å². The maximum absolute atomic E-state index is 5.85. The van der Waals surface area contributed by atoms with E-state index in [1.165, 1.54) is 0 Å². The molecule has 1 aliphatic heterocycles. The zero-order chi connectivity index (χ0) is 12.5. The average Bonchev–Trinajstić information content (AvgIpc) is 2.33. The summed E-state index contributed by atoms with van der Waals surface area (Å²) in [7, 11) is 0. The number of anilines is 1. The van der Waals surface area contributed by atoms with Crippen LogP contribution in [0, 0.1) is 13.8 Å². The molecule has 0 spiro atoms. The Labute approximate surface area is 102 Å². The van der Waals surface area contributed by atoms with Gasteiger partial charge in [0.1, 0.15) is 11.4 Å². The summed E-state index contributed by atoms with van der Waals surface area (Å²) in [5.41, 5.74) is 4.18. The fourth-order valence-electron chi connectivity index (χ4n) is 2.12. The Hall–Kier alpha value is -1.20. The third kappa shape index (κ3) is 2.25. The van der Waals surface area contributed by atoms with Crippen LogP contribution in [0.15, 0.2) is 0 Å². The van der Waals surface area contributed by atoms with Gasteiger partial charge in [0.05, 0.1) is 0 Å². The van der Waals surface area contributed by atoms with E-state index in [1.807, 2.05) is 13.8 Å². The predicted octanol–water partition coefficient (Wildman–Crippen LogP) is 1.79. The summed E-state index contributed by atoms with van der Waals surface area (Å²) in [6.07, 6.45) is 3.22. The summed E-state index contributed by atoms with van der Waals surface area (Å²) in [4.78, 5) is 9.02. The average molecular weight is 236 g/mol. The smallest absolute Gasteiger partial charge is 0.162 e. The molecule has 17 heavy (non-hydrogen) atoms. The maximum atomic E-state index is 5.85. The third-order valence-electron chi connectivity index (χ3n) is 3.47. The lowest BCUT2D eigenvalue weighted by Crippen LogP contribution is -2.33. The third-order valence-corrected chi connectivity index (χ3v) is 3.47. The molecule has 0 bridgehead atoms. The lowest BCUT2D eigenvalue weighted by atomic mass is 9.95. The van der Waals surface area contributed by atoms with Gasteiger partial charge in [0.2, 0.25) is 0 Å². The van der Waals surface area contributed by atoms with Gasteiger partial charge in [-0.1, -0.05) is 0 Å². The SMILES string of the molecule is Cc1nc(C2(C)CCCCO2)nc(NN)c1C. The number of hydrogen-bond acceptors (Lipinski definition) is 5. The van der Waals surface area contributed by atoms with Gasteiger partial charge in [-0.05, 0) is 40.0 Å². The molecule has 1 atom stereocenters. The highest BCUT2D eigenvalue weighted by Crippen LogP contribution is 2.33. The Kier molecular flexibility index (Phi) is 3.31. The molecule has 3 N–H and O–H groups in total. The molecule has 0 aliphatic carbocycles. The standard InChI is InChI=1S/C12H20N4O/c1-8-9(2)14-11(15-10(8)16-13)12(3)6-4-5-7-17-12/h4-7,13H2,1-3H3,(H,14,15,16). The van der Waals surface area contributed by atoms with E-state index in [1.54, 1.807) is 0 Å². The summed E-state index contributed by atoms with van der Waals surface area (Å²) in [6, 6.07) is 0. The van der Waals surface area contributed by atoms with Crippen LogP contribution in [-0.4, -0.2) is 16.6 Å². The highest BCUT2D eigenvalue weighted by molar-refractivity contribution is 5.44. The van der Waals surface area contributed by atoms with Crippen LogP contribution in [0.4, 0.5) is 5.82 Å². The molecule has 0 radical (unpaired) electrons.